The van der Waals surface area contributed by atoms with Gasteiger partial charge in [-0.1, -0.05) is 20.3 Å². The van der Waals surface area contributed by atoms with Crippen LogP contribution >= 0.6 is 11.6 Å². The monoisotopic (exact) mass is 526 g/mol. The highest BCUT2D eigenvalue weighted by Crippen LogP contribution is 2.48. The second-order valence-electron chi connectivity index (χ2n) is 9.57. The van der Waals surface area contributed by atoms with Crippen molar-refractivity contribution in [3.63, 3.8) is 0 Å². The summed E-state index contributed by atoms with van der Waals surface area (Å²) in [5, 5.41) is 8.20. The quantitative estimate of drug-likeness (QED) is 0.212. The van der Waals surface area contributed by atoms with Crippen molar-refractivity contribution in [2.75, 3.05) is 6.61 Å². The van der Waals surface area contributed by atoms with Crippen molar-refractivity contribution in [1.29, 1.82) is 0 Å². The molecule has 0 aromatic heterocycles. The minimum atomic E-state index is -5.07. The maximum atomic E-state index is 13.5. The summed E-state index contributed by atoms with van der Waals surface area (Å²) in [6.07, 6.45) is -9.28. The van der Waals surface area contributed by atoms with Crippen molar-refractivity contribution in [1.82, 2.24) is 0 Å². The minimum Gasteiger partial charge on any atom is -0.465 e. The summed E-state index contributed by atoms with van der Waals surface area (Å²) in [7, 11) is 0. The van der Waals surface area contributed by atoms with Crippen LogP contribution in [0.4, 0.5) is 26.3 Å². The third kappa shape index (κ3) is 7.63. The number of alkyl halides is 7. The predicted octanol–water partition coefficient (Wildman–Crippen LogP) is 6.09. The van der Waals surface area contributed by atoms with E-state index in [2.05, 4.69) is 4.74 Å². The Morgan fingerprint density at radius 3 is 2.03 bits per heavy atom. The lowest BCUT2D eigenvalue weighted by Gasteiger charge is -2.47. The fourth-order valence-corrected chi connectivity index (χ4v) is 4.45. The third-order valence-corrected chi connectivity index (χ3v) is 7.41. The molecule has 12 heteroatoms. The summed E-state index contributed by atoms with van der Waals surface area (Å²) in [5.74, 6) is -2.80. The van der Waals surface area contributed by atoms with Crippen LogP contribution in [0.5, 0.6) is 0 Å². The molecule has 0 spiro atoms. The van der Waals surface area contributed by atoms with Crippen LogP contribution in [-0.2, 0) is 19.1 Å². The van der Waals surface area contributed by atoms with Gasteiger partial charge in [0.1, 0.15) is 11.0 Å². The largest absolute Gasteiger partial charge is 0.465 e. The summed E-state index contributed by atoms with van der Waals surface area (Å²) < 4.78 is 87.6. The Kier molecular flexibility index (Phi) is 10.2. The number of hydrogen-bond donors (Lipinski definition) is 1. The molecule has 0 bridgehead atoms. The average Bonchev–Trinajstić information content (AvgIpc) is 2.71. The van der Waals surface area contributed by atoms with E-state index >= 15 is 0 Å². The molecule has 1 rings (SSSR count). The molecule has 4 atom stereocenters. The molecule has 0 heterocycles. The van der Waals surface area contributed by atoms with Crippen LogP contribution in [0, 0.1) is 11.3 Å². The highest BCUT2D eigenvalue weighted by Gasteiger charge is 2.62. The second-order valence-corrected chi connectivity index (χ2v) is 10.0. The number of esters is 2. The predicted molar refractivity (Wildman–Crippen MR) is 112 cm³/mol. The van der Waals surface area contributed by atoms with Gasteiger partial charge >= 0.3 is 24.3 Å². The highest BCUT2D eigenvalue weighted by molar-refractivity contribution is 6.22. The normalized spacial score (nSPS) is 22.1. The fourth-order valence-electron chi connectivity index (χ4n) is 4.06. The van der Waals surface area contributed by atoms with Crippen molar-refractivity contribution in [2.45, 2.75) is 108 Å². The molecule has 1 fully saturated rings. The Hall–Kier alpha value is -1.23. The van der Waals surface area contributed by atoms with Gasteiger partial charge in [0.25, 0.3) is 0 Å². The van der Waals surface area contributed by atoms with E-state index in [0.717, 1.165) is 0 Å². The van der Waals surface area contributed by atoms with Crippen LogP contribution in [0.2, 0.25) is 0 Å². The van der Waals surface area contributed by atoms with Gasteiger partial charge in [-0.2, -0.15) is 26.3 Å². The van der Waals surface area contributed by atoms with Gasteiger partial charge in [0.05, 0.1) is 24.4 Å². The van der Waals surface area contributed by atoms with Gasteiger partial charge in [-0.15, -0.1) is 11.6 Å². The van der Waals surface area contributed by atoms with Gasteiger partial charge in [-0.3, -0.25) is 9.59 Å². The number of halogens is 7. The zero-order valence-corrected chi connectivity index (χ0v) is 20.5. The van der Waals surface area contributed by atoms with Gasteiger partial charge in [-0.25, -0.2) is 0 Å². The molecule has 0 radical (unpaired) electrons. The molecule has 4 unspecified atom stereocenters. The topological polar surface area (TPSA) is 72.8 Å². The molecule has 200 valence electrons. The van der Waals surface area contributed by atoms with Gasteiger partial charge in [0.2, 0.25) is 0 Å². The van der Waals surface area contributed by atoms with Crippen molar-refractivity contribution in [2.24, 2.45) is 11.3 Å². The van der Waals surface area contributed by atoms with E-state index in [0.29, 0.717) is 26.2 Å². The first-order chi connectivity index (χ1) is 15.3. The molecule has 0 aromatic rings. The highest BCUT2D eigenvalue weighted by atomic mass is 35.5. The number of carbonyl (C=O) groups is 2. The molecule has 1 aliphatic carbocycles. The first kappa shape index (κ1) is 30.8. The van der Waals surface area contributed by atoms with Crippen molar-refractivity contribution >= 4 is 23.5 Å². The Bertz CT molecular complexity index is 703. The van der Waals surface area contributed by atoms with E-state index in [1.807, 2.05) is 0 Å². The van der Waals surface area contributed by atoms with Crippen molar-refractivity contribution in [3.05, 3.63) is 0 Å². The molecule has 0 saturated heterocycles. The first-order valence-electron chi connectivity index (χ1n) is 11.2. The van der Waals surface area contributed by atoms with Crippen LogP contribution < -0.4 is 0 Å². The molecule has 0 aromatic carbocycles. The molecule has 1 N–H and O–H groups in total. The third-order valence-electron chi connectivity index (χ3n) is 6.59. The molecule has 34 heavy (non-hydrogen) atoms. The summed E-state index contributed by atoms with van der Waals surface area (Å²) in [6.45, 7) is 4.12. The molecular weight excluding hydrogens is 494 g/mol. The number of rotatable bonds is 10. The molecule has 5 nitrogen and oxygen atoms in total. The van der Waals surface area contributed by atoms with Gasteiger partial charge in [-0.05, 0) is 52.4 Å². The summed E-state index contributed by atoms with van der Waals surface area (Å²) in [5.41, 5.74) is -6.46. The lowest BCUT2D eigenvalue weighted by Crippen LogP contribution is -2.61. The maximum Gasteiger partial charge on any atom is 0.418 e. The van der Waals surface area contributed by atoms with Crippen LogP contribution in [0.25, 0.3) is 0 Å². The molecule has 1 saturated carbocycles. The number of hydrogen-bond acceptors (Lipinski definition) is 5. The fraction of sp³-hybridized carbons (Fsp3) is 0.909. The van der Waals surface area contributed by atoms with Gasteiger partial charge in [0.15, 0.2) is 5.60 Å². The lowest BCUT2D eigenvalue weighted by atomic mass is 9.75. The van der Waals surface area contributed by atoms with Crippen LogP contribution in [0.1, 0.15) is 79.1 Å². The summed E-state index contributed by atoms with van der Waals surface area (Å²) in [4.78, 5) is 25.3. The molecule has 0 amide bonds. The Morgan fingerprint density at radius 1 is 1.06 bits per heavy atom. The zero-order chi connectivity index (χ0) is 26.6. The SMILES string of the molecule is CCC(C)(CC(C)C(=O)OCCC(F)(F)F)C(=O)OC1(C(Cl)C(C)(O)C(F)(F)F)CCCCC1. The minimum absolute atomic E-state index is 0.0218. The van der Waals surface area contributed by atoms with E-state index in [9.17, 15) is 41.0 Å². The van der Waals surface area contributed by atoms with E-state index in [4.69, 9.17) is 16.3 Å². The van der Waals surface area contributed by atoms with Crippen LogP contribution in [0.3, 0.4) is 0 Å². The first-order valence-corrected chi connectivity index (χ1v) is 11.6. The standard InChI is InChI=1S/C22H33ClF6O5/c1-5-18(3,13-14(2)15(30)33-12-11-21(24,25)26)17(31)34-20(9-7-6-8-10-20)16(23)19(4,32)22(27,28)29/h14,16,32H,5-13H2,1-4H3. The Morgan fingerprint density at radius 2 is 1.59 bits per heavy atom. The van der Waals surface area contributed by atoms with Gasteiger partial charge < -0.3 is 14.6 Å². The number of ether oxygens (including phenoxy) is 2. The van der Waals surface area contributed by atoms with E-state index in [1.54, 1.807) is 6.92 Å². The smallest absolute Gasteiger partial charge is 0.418 e. The van der Waals surface area contributed by atoms with E-state index < -0.39 is 65.2 Å². The Labute approximate surface area is 200 Å². The van der Waals surface area contributed by atoms with Crippen LogP contribution in [-0.4, -0.2) is 52.6 Å². The van der Waals surface area contributed by atoms with Crippen molar-refractivity contribution in [3.8, 4) is 0 Å². The maximum absolute atomic E-state index is 13.5. The summed E-state index contributed by atoms with van der Waals surface area (Å²) in [6, 6.07) is 0. The zero-order valence-electron chi connectivity index (χ0n) is 19.7. The van der Waals surface area contributed by atoms with E-state index in [1.165, 1.54) is 13.8 Å². The van der Waals surface area contributed by atoms with Gasteiger partial charge in [0, 0.05) is 0 Å². The number of aliphatic hydroxyl groups is 1. The number of carbonyl (C=O) groups excluding carboxylic acids is 2. The van der Waals surface area contributed by atoms with Crippen molar-refractivity contribution < 1.29 is 50.5 Å². The molecular formula is C22H33ClF6O5. The summed E-state index contributed by atoms with van der Waals surface area (Å²) >= 11 is 6.17. The molecule has 1 aliphatic rings. The second kappa shape index (κ2) is 11.2. The Balaban J connectivity index is 3.04. The molecule has 0 aliphatic heterocycles. The van der Waals surface area contributed by atoms with E-state index in [-0.39, 0.29) is 25.7 Å². The average molecular weight is 527 g/mol. The van der Waals surface area contributed by atoms with Crippen LogP contribution in [0.15, 0.2) is 0 Å². The lowest BCUT2D eigenvalue weighted by molar-refractivity contribution is -0.269.